The lowest BCUT2D eigenvalue weighted by atomic mass is 9.85. The van der Waals surface area contributed by atoms with E-state index in [1.807, 2.05) is 44.2 Å². The standard InChI is InChI=1S/C21H24N2O5/c1-4-14(2)19(16-10-6-5-7-11-16)21(25)28-15(3)20(24)22-17-12-8-9-13-18(17)23(26)27/h5-15,19H,4H2,1-3H3,(H,22,24)/t14-,15-,19-/m0/s1. The Balaban J connectivity index is 2.12. The van der Waals surface area contributed by atoms with Gasteiger partial charge in [0, 0.05) is 6.07 Å². The maximum Gasteiger partial charge on any atom is 0.314 e. The first-order valence-corrected chi connectivity index (χ1v) is 9.14. The van der Waals surface area contributed by atoms with Gasteiger partial charge in [0.05, 0.1) is 10.8 Å². The Morgan fingerprint density at radius 2 is 1.68 bits per heavy atom. The summed E-state index contributed by atoms with van der Waals surface area (Å²) in [5, 5.41) is 13.5. The van der Waals surface area contributed by atoms with Crippen molar-refractivity contribution in [2.24, 2.45) is 5.92 Å². The van der Waals surface area contributed by atoms with Crippen LogP contribution < -0.4 is 5.32 Å². The summed E-state index contributed by atoms with van der Waals surface area (Å²) in [6.07, 6.45) is -0.326. The Morgan fingerprint density at radius 3 is 2.29 bits per heavy atom. The highest BCUT2D eigenvalue weighted by Gasteiger charge is 2.30. The summed E-state index contributed by atoms with van der Waals surface area (Å²) in [4.78, 5) is 35.7. The summed E-state index contributed by atoms with van der Waals surface area (Å²) in [6, 6.07) is 15.1. The SMILES string of the molecule is CC[C@H](C)[C@H](C(=O)O[C@@H](C)C(=O)Nc1ccccc1[N+](=O)[O-])c1ccccc1. The van der Waals surface area contributed by atoms with Crippen molar-refractivity contribution in [1.82, 2.24) is 0 Å². The molecular weight excluding hydrogens is 360 g/mol. The lowest BCUT2D eigenvalue weighted by Crippen LogP contribution is -2.33. The first-order chi connectivity index (χ1) is 13.3. The molecule has 3 atom stereocenters. The smallest absolute Gasteiger partial charge is 0.314 e. The van der Waals surface area contributed by atoms with E-state index >= 15 is 0 Å². The summed E-state index contributed by atoms with van der Waals surface area (Å²) in [5.41, 5.74) is 0.659. The monoisotopic (exact) mass is 384 g/mol. The normalized spacial score (nSPS) is 13.8. The number of nitrogens with zero attached hydrogens (tertiary/aromatic N) is 1. The highest BCUT2D eigenvalue weighted by atomic mass is 16.6. The van der Waals surface area contributed by atoms with Crippen molar-refractivity contribution in [2.75, 3.05) is 5.32 Å². The molecule has 1 amide bonds. The fourth-order valence-electron chi connectivity index (χ4n) is 2.87. The predicted molar refractivity (Wildman–Crippen MR) is 106 cm³/mol. The maximum absolute atomic E-state index is 12.8. The number of carbonyl (C=O) groups is 2. The number of anilines is 1. The highest BCUT2D eigenvalue weighted by Crippen LogP contribution is 2.29. The second-order valence-electron chi connectivity index (χ2n) is 6.62. The van der Waals surface area contributed by atoms with Crippen LogP contribution in [0.15, 0.2) is 54.6 Å². The summed E-state index contributed by atoms with van der Waals surface area (Å²) in [7, 11) is 0. The van der Waals surface area contributed by atoms with E-state index in [0.717, 1.165) is 12.0 Å². The average Bonchev–Trinajstić information content (AvgIpc) is 2.68. The van der Waals surface area contributed by atoms with Crippen molar-refractivity contribution in [2.45, 2.75) is 39.2 Å². The Labute approximate surface area is 163 Å². The van der Waals surface area contributed by atoms with Gasteiger partial charge in [-0.3, -0.25) is 19.7 Å². The van der Waals surface area contributed by atoms with E-state index in [0.29, 0.717) is 0 Å². The molecule has 1 N–H and O–H groups in total. The Hall–Kier alpha value is -3.22. The van der Waals surface area contributed by atoms with Crippen LogP contribution in [0.4, 0.5) is 11.4 Å². The Kier molecular flexibility index (Phi) is 7.26. The van der Waals surface area contributed by atoms with Crippen molar-refractivity contribution in [1.29, 1.82) is 0 Å². The average molecular weight is 384 g/mol. The van der Waals surface area contributed by atoms with Crippen molar-refractivity contribution in [3.8, 4) is 0 Å². The fourth-order valence-corrected chi connectivity index (χ4v) is 2.87. The number of hydrogen-bond donors (Lipinski definition) is 1. The molecule has 148 valence electrons. The molecule has 2 rings (SSSR count). The van der Waals surface area contributed by atoms with Gasteiger partial charge in [-0.15, -0.1) is 0 Å². The van der Waals surface area contributed by atoms with Gasteiger partial charge < -0.3 is 10.1 Å². The minimum absolute atomic E-state index is 0.0281. The van der Waals surface area contributed by atoms with Crippen LogP contribution in [-0.4, -0.2) is 22.9 Å². The molecule has 0 aliphatic rings. The number of amides is 1. The zero-order valence-corrected chi connectivity index (χ0v) is 16.1. The van der Waals surface area contributed by atoms with Gasteiger partial charge in [-0.05, 0) is 24.5 Å². The number of carbonyl (C=O) groups excluding carboxylic acids is 2. The third kappa shape index (κ3) is 5.16. The quantitative estimate of drug-likeness (QED) is 0.416. The molecule has 0 heterocycles. The van der Waals surface area contributed by atoms with Crippen LogP contribution >= 0.6 is 0 Å². The van der Waals surface area contributed by atoms with Gasteiger partial charge in [0.25, 0.3) is 11.6 Å². The van der Waals surface area contributed by atoms with Crippen LogP contribution in [0.1, 0.15) is 38.7 Å². The molecule has 0 aliphatic heterocycles. The number of nitrogens with one attached hydrogen (secondary N) is 1. The molecule has 7 heteroatoms. The molecule has 0 saturated carbocycles. The topological polar surface area (TPSA) is 98.5 Å². The molecule has 0 saturated heterocycles. The number of nitro groups is 1. The van der Waals surface area contributed by atoms with Crippen molar-refractivity contribution < 1.29 is 19.2 Å². The van der Waals surface area contributed by atoms with Crippen LogP contribution in [0.5, 0.6) is 0 Å². The molecule has 0 spiro atoms. The molecule has 0 unspecified atom stereocenters. The minimum atomic E-state index is -1.09. The molecule has 2 aromatic carbocycles. The third-order valence-electron chi connectivity index (χ3n) is 4.65. The zero-order valence-electron chi connectivity index (χ0n) is 16.1. The van der Waals surface area contributed by atoms with Gasteiger partial charge >= 0.3 is 5.97 Å². The minimum Gasteiger partial charge on any atom is -0.452 e. The number of para-hydroxylation sites is 2. The van der Waals surface area contributed by atoms with Gasteiger partial charge in [-0.2, -0.15) is 0 Å². The fraction of sp³-hybridized carbons (Fsp3) is 0.333. The molecule has 0 bridgehead atoms. The molecule has 0 aliphatic carbocycles. The van der Waals surface area contributed by atoms with Crippen LogP contribution in [0.3, 0.4) is 0 Å². The first-order valence-electron chi connectivity index (χ1n) is 9.14. The van der Waals surface area contributed by atoms with Gasteiger partial charge in [0.15, 0.2) is 6.10 Å². The van der Waals surface area contributed by atoms with Crippen molar-refractivity contribution in [3.63, 3.8) is 0 Å². The number of ether oxygens (including phenoxy) is 1. The van der Waals surface area contributed by atoms with E-state index < -0.39 is 28.8 Å². The van der Waals surface area contributed by atoms with E-state index in [1.165, 1.54) is 25.1 Å². The van der Waals surface area contributed by atoms with Gasteiger partial charge in [0.2, 0.25) is 0 Å². The number of esters is 1. The summed E-state index contributed by atoms with van der Waals surface area (Å²) in [6.45, 7) is 5.39. The Bertz CT molecular complexity index is 838. The largest absolute Gasteiger partial charge is 0.452 e. The molecule has 0 fully saturated rings. The van der Waals surface area contributed by atoms with E-state index in [9.17, 15) is 19.7 Å². The van der Waals surface area contributed by atoms with Crippen molar-refractivity contribution in [3.05, 3.63) is 70.3 Å². The molecular formula is C21H24N2O5. The molecule has 7 nitrogen and oxygen atoms in total. The molecule has 28 heavy (non-hydrogen) atoms. The number of benzene rings is 2. The van der Waals surface area contributed by atoms with Gasteiger partial charge in [-0.1, -0.05) is 62.7 Å². The van der Waals surface area contributed by atoms with Crippen LogP contribution in [0.2, 0.25) is 0 Å². The van der Waals surface area contributed by atoms with Gasteiger partial charge in [-0.25, -0.2) is 0 Å². The van der Waals surface area contributed by atoms with Crippen LogP contribution in [0.25, 0.3) is 0 Å². The lowest BCUT2D eigenvalue weighted by molar-refractivity contribution is -0.383. The van der Waals surface area contributed by atoms with Crippen molar-refractivity contribution >= 4 is 23.3 Å². The van der Waals surface area contributed by atoms with E-state index in [1.54, 1.807) is 6.07 Å². The van der Waals surface area contributed by atoms with Crippen LogP contribution in [0, 0.1) is 16.0 Å². The second-order valence-corrected chi connectivity index (χ2v) is 6.62. The zero-order chi connectivity index (χ0) is 20.7. The maximum atomic E-state index is 12.8. The van der Waals surface area contributed by atoms with Gasteiger partial charge in [0.1, 0.15) is 5.69 Å². The number of hydrogen-bond acceptors (Lipinski definition) is 5. The lowest BCUT2D eigenvalue weighted by Gasteiger charge is -2.23. The van der Waals surface area contributed by atoms with Crippen LogP contribution in [-0.2, 0) is 14.3 Å². The summed E-state index contributed by atoms with van der Waals surface area (Å²) < 4.78 is 5.40. The highest BCUT2D eigenvalue weighted by molar-refractivity contribution is 5.97. The van der Waals surface area contributed by atoms with E-state index in [2.05, 4.69) is 5.32 Å². The molecule has 2 aromatic rings. The number of nitro benzene ring substituents is 1. The van der Waals surface area contributed by atoms with E-state index in [-0.39, 0.29) is 17.3 Å². The third-order valence-corrected chi connectivity index (χ3v) is 4.65. The Morgan fingerprint density at radius 1 is 1.07 bits per heavy atom. The molecule has 0 aromatic heterocycles. The predicted octanol–water partition coefficient (Wildman–Crippen LogP) is 4.29. The number of rotatable bonds is 8. The second kappa shape index (κ2) is 9.64. The van der Waals surface area contributed by atoms with E-state index in [4.69, 9.17) is 4.74 Å². The summed E-state index contributed by atoms with van der Waals surface area (Å²) >= 11 is 0. The molecule has 0 radical (unpaired) electrons. The summed E-state index contributed by atoms with van der Waals surface area (Å²) in [5.74, 6) is -1.59. The first kappa shape index (κ1) is 21.1.